The van der Waals surface area contributed by atoms with E-state index in [1.165, 1.54) is 13.2 Å². The monoisotopic (exact) mass is 212 g/mol. The largest absolute Gasteiger partial charge is 0.496 e. The van der Waals surface area contributed by atoms with E-state index in [0.717, 1.165) is 6.07 Å². The third-order valence-electron chi connectivity index (χ3n) is 1.60. The van der Waals surface area contributed by atoms with Crippen LogP contribution in [0.25, 0.3) is 0 Å². The maximum Gasteiger partial charge on any atom is 0.372 e. The molecule has 0 unspecified atom stereocenters. The lowest BCUT2D eigenvalue weighted by atomic mass is 10.2. The number of aliphatic carboxylic acids is 1. The number of methoxy groups -OCH3 is 1. The molecule has 6 nitrogen and oxygen atoms in total. The van der Waals surface area contributed by atoms with Crippen LogP contribution in [0.2, 0.25) is 0 Å². The minimum Gasteiger partial charge on any atom is -0.496 e. The van der Waals surface area contributed by atoms with Crippen LogP contribution in [0.15, 0.2) is 21.3 Å². The van der Waals surface area contributed by atoms with Crippen molar-refractivity contribution >= 4 is 11.8 Å². The van der Waals surface area contributed by atoms with Crippen LogP contribution in [0.4, 0.5) is 0 Å². The minimum atomic E-state index is -1.57. The van der Waals surface area contributed by atoms with E-state index < -0.39 is 23.8 Å². The number of Topliss-reactive ketones (excluding diaryl/α,β-unsaturated/α-hetero) is 1. The van der Waals surface area contributed by atoms with Gasteiger partial charge in [0.1, 0.15) is 11.5 Å². The molecule has 0 aromatic carbocycles. The molecule has 6 heteroatoms. The zero-order valence-corrected chi connectivity index (χ0v) is 7.85. The fraction of sp³-hybridized carbons (Fsp3) is 0.222. The summed E-state index contributed by atoms with van der Waals surface area (Å²) in [5, 5.41) is 8.34. The Kier molecular flexibility index (Phi) is 3.22. The second kappa shape index (κ2) is 4.41. The highest BCUT2D eigenvalue weighted by molar-refractivity contribution is 6.33. The molecule has 15 heavy (non-hydrogen) atoms. The number of rotatable bonds is 4. The molecule has 0 saturated heterocycles. The molecule has 0 aliphatic rings. The minimum absolute atomic E-state index is 0.0354. The Morgan fingerprint density at radius 3 is 2.67 bits per heavy atom. The molecule has 1 rings (SSSR count). The van der Waals surface area contributed by atoms with Crippen molar-refractivity contribution in [1.82, 2.24) is 0 Å². The van der Waals surface area contributed by atoms with Crippen LogP contribution in [0.5, 0.6) is 5.75 Å². The first kappa shape index (κ1) is 11.0. The molecule has 0 spiro atoms. The second-order valence-electron chi connectivity index (χ2n) is 2.69. The first-order valence-electron chi connectivity index (χ1n) is 3.97. The van der Waals surface area contributed by atoms with E-state index in [4.69, 9.17) is 9.84 Å². The Labute approximate surface area is 84.1 Å². The van der Waals surface area contributed by atoms with Gasteiger partial charge in [-0.05, 0) is 0 Å². The molecule has 1 aromatic heterocycles. The highest BCUT2D eigenvalue weighted by Crippen LogP contribution is 2.09. The number of ketones is 1. The van der Waals surface area contributed by atoms with Gasteiger partial charge in [-0.25, -0.2) is 9.59 Å². The predicted octanol–water partition coefficient (Wildman–Crippen LogP) is -0.155. The average molecular weight is 212 g/mol. The summed E-state index contributed by atoms with van der Waals surface area (Å²) in [5.74, 6) is -2.43. The summed E-state index contributed by atoms with van der Waals surface area (Å²) in [7, 11) is 1.34. The Morgan fingerprint density at radius 1 is 1.47 bits per heavy atom. The number of carbonyl (C=O) groups is 2. The molecule has 1 aromatic rings. The summed E-state index contributed by atoms with van der Waals surface area (Å²) < 4.78 is 9.38. The maximum absolute atomic E-state index is 10.9. The van der Waals surface area contributed by atoms with E-state index in [-0.39, 0.29) is 11.5 Å². The molecule has 80 valence electrons. The van der Waals surface area contributed by atoms with Crippen LogP contribution in [0.3, 0.4) is 0 Å². The lowest BCUT2D eigenvalue weighted by Crippen LogP contribution is -2.16. The van der Waals surface area contributed by atoms with Crippen molar-refractivity contribution in [2.45, 2.75) is 6.42 Å². The summed E-state index contributed by atoms with van der Waals surface area (Å²) in [6.07, 6.45) is -0.470. The second-order valence-corrected chi connectivity index (χ2v) is 2.69. The predicted molar refractivity (Wildman–Crippen MR) is 47.9 cm³/mol. The number of hydrogen-bond donors (Lipinski definition) is 1. The van der Waals surface area contributed by atoms with Crippen molar-refractivity contribution in [3.05, 3.63) is 28.3 Å². The van der Waals surface area contributed by atoms with Crippen LogP contribution in [-0.4, -0.2) is 24.0 Å². The van der Waals surface area contributed by atoms with Crippen molar-refractivity contribution in [3.8, 4) is 5.75 Å². The van der Waals surface area contributed by atoms with Gasteiger partial charge in [-0.15, -0.1) is 0 Å². The first-order chi connectivity index (χ1) is 7.02. The van der Waals surface area contributed by atoms with Gasteiger partial charge >= 0.3 is 11.6 Å². The van der Waals surface area contributed by atoms with Gasteiger partial charge in [0.2, 0.25) is 5.78 Å². The Bertz CT molecular complexity index is 444. The van der Waals surface area contributed by atoms with Gasteiger partial charge in [0.05, 0.1) is 19.6 Å². The molecule has 0 saturated carbocycles. The van der Waals surface area contributed by atoms with E-state index >= 15 is 0 Å². The Hall–Kier alpha value is -2.11. The summed E-state index contributed by atoms with van der Waals surface area (Å²) in [4.78, 5) is 32.0. The zero-order chi connectivity index (χ0) is 11.4. The number of carboxylic acids is 1. The van der Waals surface area contributed by atoms with Gasteiger partial charge in [-0.3, -0.25) is 4.79 Å². The lowest BCUT2D eigenvalue weighted by molar-refractivity contribution is -0.148. The van der Waals surface area contributed by atoms with Crippen LogP contribution in [0.1, 0.15) is 5.76 Å². The van der Waals surface area contributed by atoms with Crippen molar-refractivity contribution in [1.29, 1.82) is 0 Å². The van der Waals surface area contributed by atoms with Gasteiger partial charge in [0.25, 0.3) is 0 Å². The molecular weight excluding hydrogens is 204 g/mol. The molecule has 0 aliphatic carbocycles. The first-order valence-corrected chi connectivity index (χ1v) is 3.97. The fourth-order valence-electron chi connectivity index (χ4n) is 0.943. The molecule has 0 aliphatic heterocycles. The highest BCUT2D eigenvalue weighted by atomic mass is 16.5. The molecule has 1 N–H and O–H groups in total. The van der Waals surface area contributed by atoms with Crippen LogP contribution in [-0.2, 0) is 16.0 Å². The zero-order valence-electron chi connectivity index (χ0n) is 7.85. The smallest absolute Gasteiger partial charge is 0.372 e. The van der Waals surface area contributed by atoms with Gasteiger partial charge in [-0.1, -0.05) is 0 Å². The van der Waals surface area contributed by atoms with E-state index in [9.17, 15) is 14.4 Å². The van der Waals surface area contributed by atoms with Crippen molar-refractivity contribution in [3.63, 3.8) is 0 Å². The maximum atomic E-state index is 10.9. The molecule has 0 fully saturated rings. The normalized spacial score (nSPS) is 9.67. The number of carbonyl (C=O) groups excluding carboxylic acids is 1. The third kappa shape index (κ3) is 2.94. The Morgan fingerprint density at radius 2 is 2.13 bits per heavy atom. The van der Waals surface area contributed by atoms with E-state index in [2.05, 4.69) is 4.42 Å². The van der Waals surface area contributed by atoms with Gasteiger partial charge < -0.3 is 14.3 Å². The molecule has 0 atom stereocenters. The molecule has 0 bridgehead atoms. The summed E-state index contributed by atoms with van der Waals surface area (Å²) in [5.41, 5.74) is -0.692. The Balaban J connectivity index is 2.95. The summed E-state index contributed by atoms with van der Waals surface area (Å²) >= 11 is 0. The van der Waals surface area contributed by atoms with Gasteiger partial charge in [0.15, 0.2) is 0 Å². The van der Waals surface area contributed by atoms with Gasteiger partial charge in [-0.2, -0.15) is 0 Å². The standard InChI is InChI=1S/C9H8O6/c1-14-5-2-6(15-8(11)4-5)3-7(10)9(12)13/h2,4H,3H2,1H3,(H,12,13). The molecule has 0 amide bonds. The van der Waals surface area contributed by atoms with E-state index in [1.54, 1.807) is 0 Å². The van der Waals surface area contributed by atoms with Crippen LogP contribution in [0, 0.1) is 0 Å². The topological polar surface area (TPSA) is 93.8 Å². The van der Waals surface area contributed by atoms with Gasteiger partial charge in [0, 0.05) is 6.07 Å². The van der Waals surface area contributed by atoms with E-state index in [0.29, 0.717) is 0 Å². The molecule has 0 radical (unpaired) electrons. The van der Waals surface area contributed by atoms with Crippen LogP contribution >= 0.6 is 0 Å². The number of ether oxygens (including phenoxy) is 1. The summed E-state index contributed by atoms with van der Waals surface area (Å²) in [6, 6.07) is 2.39. The van der Waals surface area contributed by atoms with E-state index in [1.807, 2.05) is 0 Å². The SMILES string of the molecule is COc1cc(CC(=O)C(=O)O)oc(=O)c1. The fourth-order valence-corrected chi connectivity index (χ4v) is 0.943. The van der Waals surface area contributed by atoms with Crippen molar-refractivity contribution in [2.75, 3.05) is 7.11 Å². The van der Waals surface area contributed by atoms with Crippen molar-refractivity contribution < 1.29 is 23.8 Å². The lowest BCUT2D eigenvalue weighted by Gasteiger charge is -2.00. The molecular formula is C9H8O6. The van der Waals surface area contributed by atoms with Crippen molar-refractivity contribution in [2.24, 2.45) is 0 Å². The summed E-state index contributed by atoms with van der Waals surface area (Å²) in [6.45, 7) is 0. The number of carboxylic acid groups (broad SMARTS) is 1. The molecule has 1 heterocycles. The number of hydrogen-bond acceptors (Lipinski definition) is 5. The third-order valence-corrected chi connectivity index (χ3v) is 1.60. The highest BCUT2D eigenvalue weighted by Gasteiger charge is 2.14. The quantitative estimate of drug-likeness (QED) is 0.697. The van der Waals surface area contributed by atoms with Crippen LogP contribution < -0.4 is 10.4 Å². The average Bonchev–Trinajstić information content (AvgIpc) is 2.16.